The molecule has 0 aromatic heterocycles. The number of carboxylic acid groups (broad SMARTS) is 1. The van der Waals surface area contributed by atoms with Crippen LogP contribution in [-0.2, 0) is 30.4 Å². The van der Waals surface area contributed by atoms with Gasteiger partial charge in [-0.25, -0.2) is 0 Å². The van der Waals surface area contributed by atoms with Crippen LogP contribution in [-0.4, -0.2) is 76.2 Å². The molecule has 0 bridgehead atoms. The zero-order valence-electron chi connectivity index (χ0n) is 20.6. The Hall–Kier alpha value is -3.69. The van der Waals surface area contributed by atoms with E-state index in [1.54, 1.807) is 6.92 Å². The predicted molar refractivity (Wildman–Crippen MR) is 131 cm³/mol. The third-order valence-electron chi connectivity index (χ3n) is 5.32. The Kier molecular flexibility index (Phi) is 12.2. The summed E-state index contributed by atoms with van der Waals surface area (Å²) in [4.78, 5) is 61.8. The van der Waals surface area contributed by atoms with Gasteiger partial charge in [0.2, 0.25) is 23.6 Å². The van der Waals surface area contributed by atoms with E-state index < -0.39 is 36.4 Å². The zero-order valence-corrected chi connectivity index (χ0v) is 20.6. The molecule has 2 atom stereocenters. The normalized spacial score (nSPS) is 16.1. The van der Waals surface area contributed by atoms with Gasteiger partial charge in [-0.15, -0.1) is 0 Å². The molecule has 0 spiro atoms. The van der Waals surface area contributed by atoms with Gasteiger partial charge in [-0.05, 0) is 24.0 Å². The van der Waals surface area contributed by atoms with E-state index in [9.17, 15) is 24.0 Å². The highest BCUT2D eigenvalue weighted by atomic mass is 16.4. The number of nitrogens with two attached hydrogens (primary N) is 1. The van der Waals surface area contributed by atoms with Crippen molar-refractivity contribution < 1.29 is 29.1 Å². The van der Waals surface area contributed by atoms with Crippen molar-refractivity contribution in [2.45, 2.75) is 52.1 Å². The second kappa shape index (κ2) is 14.5. The Morgan fingerprint density at radius 1 is 1.20 bits per heavy atom. The van der Waals surface area contributed by atoms with Crippen LogP contribution in [0.4, 0.5) is 0 Å². The van der Waals surface area contributed by atoms with Crippen molar-refractivity contribution in [3.8, 4) is 0 Å². The monoisotopic (exact) mass is 488 g/mol. The Morgan fingerprint density at radius 3 is 2.29 bits per heavy atom. The minimum atomic E-state index is -1.10. The molecule has 0 aliphatic carbocycles. The highest BCUT2D eigenvalue weighted by Gasteiger charge is 2.40. The standard InChI is InChI=1S/C22H29N3O5.C3H7NO/c1-4-19(26)23-17(12-15(2)3)21(29)25-11-10-24(14-20(27)28)22(30)18(25)13-16-8-6-5-7-9-16;1-2-3(4)5/h4-9,15,17-18H,1,10-14H2,2-3H3,(H,23,26)(H,27,28);2H2,1H3,(H2,4,5). The molecule has 0 radical (unpaired) electrons. The van der Waals surface area contributed by atoms with Gasteiger partial charge in [0.25, 0.3) is 0 Å². The zero-order chi connectivity index (χ0) is 26.5. The average molecular weight is 489 g/mol. The summed E-state index contributed by atoms with van der Waals surface area (Å²) in [5.74, 6) is -2.41. The fraction of sp³-hybridized carbons (Fsp3) is 0.480. The van der Waals surface area contributed by atoms with Crippen LogP contribution in [0.2, 0.25) is 0 Å². The molecule has 1 aromatic rings. The van der Waals surface area contributed by atoms with E-state index in [4.69, 9.17) is 5.11 Å². The third-order valence-corrected chi connectivity index (χ3v) is 5.32. The maximum atomic E-state index is 13.4. The maximum absolute atomic E-state index is 13.4. The van der Waals surface area contributed by atoms with Crippen molar-refractivity contribution >= 4 is 29.6 Å². The summed E-state index contributed by atoms with van der Waals surface area (Å²) in [5.41, 5.74) is 5.52. The first-order valence-corrected chi connectivity index (χ1v) is 11.6. The van der Waals surface area contributed by atoms with Crippen molar-refractivity contribution in [1.29, 1.82) is 0 Å². The van der Waals surface area contributed by atoms with E-state index >= 15 is 0 Å². The van der Waals surface area contributed by atoms with Gasteiger partial charge < -0.3 is 26.0 Å². The molecule has 4 N–H and O–H groups in total. The molecule has 4 amide bonds. The van der Waals surface area contributed by atoms with Crippen LogP contribution in [0.15, 0.2) is 43.0 Å². The number of hydrogen-bond acceptors (Lipinski definition) is 5. The van der Waals surface area contributed by atoms with E-state index in [1.807, 2.05) is 44.2 Å². The Balaban J connectivity index is 0.00000111. The van der Waals surface area contributed by atoms with Crippen LogP contribution >= 0.6 is 0 Å². The highest BCUT2D eigenvalue weighted by Crippen LogP contribution is 2.19. The molecule has 1 aliphatic rings. The maximum Gasteiger partial charge on any atom is 0.323 e. The van der Waals surface area contributed by atoms with Crippen LogP contribution in [0.3, 0.4) is 0 Å². The van der Waals surface area contributed by atoms with Gasteiger partial charge in [-0.3, -0.25) is 24.0 Å². The first-order valence-electron chi connectivity index (χ1n) is 11.6. The van der Waals surface area contributed by atoms with Crippen molar-refractivity contribution in [2.75, 3.05) is 19.6 Å². The summed E-state index contributed by atoms with van der Waals surface area (Å²) < 4.78 is 0. The molecule has 0 saturated carbocycles. The lowest BCUT2D eigenvalue weighted by Gasteiger charge is -2.41. The average Bonchev–Trinajstić information content (AvgIpc) is 2.81. The fourth-order valence-corrected chi connectivity index (χ4v) is 3.58. The Morgan fingerprint density at radius 2 is 1.80 bits per heavy atom. The number of piperazine rings is 1. The molecule has 35 heavy (non-hydrogen) atoms. The number of carbonyl (C=O) groups is 5. The smallest absolute Gasteiger partial charge is 0.323 e. The van der Waals surface area contributed by atoms with E-state index in [0.29, 0.717) is 12.8 Å². The molecule has 2 unspecified atom stereocenters. The molecular weight excluding hydrogens is 452 g/mol. The molecule has 1 fully saturated rings. The number of hydrogen-bond donors (Lipinski definition) is 3. The minimum Gasteiger partial charge on any atom is -0.480 e. The van der Waals surface area contributed by atoms with Gasteiger partial charge in [-0.2, -0.15) is 0 Å². The van der Waals surface area contributed by atoms with E-state index in [0.717, 1.165) is 11.6 Å². The van der Waals surface area contributed by atoms with Crippen LogP contribution in [0.1, 0.15) is 39.2 Å². The molecule has 1 aliphatic heterocycles. The summed E-state index contributed by atoms with van der Waals surface area (Å²) >= 11 is 0. The first kappa shape index (κ1) is 29.3. The number of benzene rings is 1. The second-order valence-corrected chi connectivity index (χ2v) is 8.61. The van der Waals surface area contributed by atoms with Gasteiger partial charge in [-0.1, -0.05) is 57.7 Å². The summed E-state index contributed by atoms with van der Waals surface area (Å²) in [6, 6.07) is 7.64. The lowest BCUT2D eigenvalue weighted by Crippen LogP contribution is -2.63. The number of carbonyl (C=O) groups excluding carboxylic acids is 4. The fourth-order valence-electron chi connectivity index (χ4n) is 3.58. The largest absolute Gasteiger partial charge is 0.480 e. The quantitative estimate of drug-likeness (QED) is 0.417. The summed E-state index contributed by atoms with van der Waals surface area (Å²) in [6.45, 7) is 8.97. The Labute approximate surface area is 206 Å². The summed E-state index contributed by atoms with van der Waals surface area (Å²) in [5, 5.41) is 11.8. The Bertz CT molecular complexity index is 902. The van der Waals surface area contributed by atoms with Gasteiger partial charge in [0, 0.05) is 25.9 Å². The molecule has 1 aromatic carbocycles. The summed E-state index contributed by atoms with van der Waals surface area (Å²) in [7, 11) is 0. The number of primary amides is 1. The van der Waals surface area contributed by atoms with Crippen LogP contribution in [0.5, 0.6) is 0 Å². The van der Waals surface area contributed by atoms with Crippen molar-refractivity contribution in [3.05, 3.63) is 48.6 Å². The van der Waals surface area contributed by atoms with Crippen molar-refractivity contribution in [2.24, 2.45) is 11.7 Å². The summed E-state index contributed by atoms with van der Waals surface area (Å²) in [6.07, 6.45) is 2.24. The number of nitrogens with one attached hydrogen (secondary N) is 1. The lowest BCUT2D eigenvalue weighted by molar-refractivity contribution is -0.156. The van der Waals surface area contributed by atoms with Gasteiger partial charge in [0.05, 0.1) is 0 Å². The van der Waals surface area contributed by atoms with Gasteiger partial charge in [0.15, 0.2) is 0 Å². The van der Waals surface area contributed by atoms with Crippen LogP contribution in [0.25, 0.3) is 0 Å². The number of carboxylic acids is 1. The van der Waals surface area contributed by atoms with Crippen molar-refractivity contribution in [1.82, 2.24) is 15.1 Å². The van der Waals surface area contributed by atoms with Gasteiger partial charge in [0.1, 0.15) is 18.6 Å². The minimum absolute atomic E-state index is 0.131. The topological polar surface area (TPSA) is 150 Å². The molecule has 10 nitrogen and oxygen atoms in total. The second-order valence-electron chi connectivity index (χ2n) is 8.61. The number of aliphatic carboxylic acids is 1. The van der Waals surface area contributed by atoms with E-state index in [-0.39, 0.29) is 37.2 Å². The van der Waals surface area contributed by atoms with Crippen molar-refractivity contribution in [3.63, 3.8) is 0 Å². The van der Waals surface area contributed by atoms with Crippen LogP contribution < -0.4 is 11.1 Å². The van der Waals surface area contributed by atoms with Crippen LogP contribution in [0, 0.1) is 5.92 Å². The molecule has 1 heterocycles. The third kappa shape index (κ3) is 9.99. The highest BCUT2D eigenvalue weighted by molar-refractivity contribution is 5.95. The number of amides is 4. The molecule has 10 heteroatoms. The molecule has 192 valence electrons. The first-order chi connectivity index (χ1) is 16.5. The predicted octanol–water partition coefficient (Wildman–Crippen LogP) is 0.952. The lowest BCUT2D eigenvalue weighted by atomic mass is 9.97. The van der Waals surface area contributed by atoms with E-state index in [2.05, 4.69) is 17.6 Å². The van der Waals surface area contributed by atoms with E-state index in [1.165, 1.54) is 9.80 Å². The molecule has 2 rings (SSSR count). The molecular formula is C25H36N4O6. The van der Waals surface area contributed by atoms with Gasteiger partial charge >= 0.3 is 5.97 Å². The number of nitrogens with zero attached hydrogens (tertiary/aromatic N) is 2. The SMILES string of the molecule is C=CC(=O)NC(CC(C)C)C(=O)N1CCN(CC(=O)O)C(=O)C1Cc1ccccc1.CCC(N)=O. The molecule has 1 saturated heterocycles. The number of rotatable bonds is 10.